The number of carbonyl (C=O) groups excluding carboxylic acids is 1. The molecule has 0 atom stereocenters. The lowest BCUT2D eigenvalue weighted by Gasteiger charge is -2.10. The zero-order valence-electron chi connectivity index (χ0n) is 17.3. The van der Waals surface area contributed by atoms with Gasteiger partial charge in [0.1, 0.15) is 0 Å². The van der Waals surface area contributed by atoms with Crippen LogP contribution in [0.5, 0.6) is 0 Å². The van der Waals surface area contributed by atoms with Gasteiger partial charge in [0, 0.05) is 20.7 Å². The lowest BCUT2D eigenvalue weighted by atomic mass is 10.1. The molecule has 0 radical (unpaired) electrons. The van der Waals surface area contributed by atoms with E-state index in [9.17, 15) is 4.79 Å². The highest BCUT2D eigenvalue weighted by Crippen LogP contribution is 2.26. The monoisotopic (exact) mass is 494 g/mol. The van der Waals surface area contributed by atoms with Gasteiger partial charge in [-0.25, -0.2) is 9.67 Å². The Bertz CT molecular complexity index is 1280. The van der Waals surface area contributed by atoms with Gasteiger partial charge in [0.2, 0.25) is 5.82 Å². The Hall–Kier alpha value is -2.96. The molecule has 1 heterocycles. The summed E-state index contributed by atoms with van der Waals surface area (Å²) in [5.41, 5.74) is 5.46. The molecule has 1 N–H and O–H groups in total. The second kappa shape index (κ2) is 8.65. The van der Waals surface area contributed by atoms with Gasteiger partial charge in [-0.2, -0.15) is 0 Å². The molecule has 0 saturated heterocycles. The van der Waals surface area contributed by atoms with E-state index in [1.54, 1.807) is 16.8 Å². The van der Waals surface area contributed by atoms with Gasteiger partial charge in [0.05, 0.1) is 5.69 Å². The van der Waals surface area contributed by atoms with E-state index in [-0.39, 0.29) is 11.7 Å². The summed E-state index contributed by atoms with van der Waals surface area (Å²) >= 11 is 9.50. The van der Waals surface area contributed by atoms with Gasteiger partial charge < -0.3 is 5.32 Å². The number of hydrogen-bond donors (Lipinski definition) is 1. The number of nitrogens with zero attached hydrogens (tertiary/aromatic N) is 3. The molecule has 1 amide bonds. The van der Waals surface area contributed by atoms with Crippen LogP contribution >= 0.6 is 27.5 Å². The molecule has 1 aromatic heterocycles. The Balaban J connectivity index is 1.80. The van der Waals surface area contributed by atoms with Crippen molar-refractivity contribution in [1.29, 1.82) is 0 Å². The number of benzene rings is 3. The van der Waals surface area contributed by atoms with Crippen LogP contribution < -0.4 is 5.32 Å². The maximum Gasteiger partial charge on any atom is 0.295 e. The van der Waals surface area contributed by atoms with Gasteiger partial charge in [-0.05, 0) is 86.0 Å². The lowest BCUT2D eigenvalue weighted by molar-refractivity contribution is 0.101. The van der Waals surface area contributed by atoms with Crippen LogP contribution in [0.3, 0.4) is 0 Å². The molecule has 7 heteroatoms. The quantitative estimate of drug-likeness (QED) is 0.350. The van der Waals surface area contributed by atoms with Crippen molar-refractivity contribution < 1.29 is 4.79 Å². The van der Waals surface area contributed by atoms with Crippen molar-refractivity contribution in [1.82, 2.24) is 14.8 Å². The summed E-state index contributed by atoms with van der Waals surface area (Å²) < 4.78 is 2.67. The SMILES string of the molecule is Cc1ccc(C)c(-n2nc(C(=O)Nc3ccc(Br)cc3C)nc2-c2ccc(Cl)cc2)c1. The molecule has 0 aliphatic carbocycles. The third-order valence-electron chi connectivity index (χ3n) is 4.94. The molecule has 3 aromatic carbocycles. The Morgan fingerprint density at radius 2 is 1.71 bits per heavy atom. The zero-order valence-corrected chi connectivity index (χ0v) is 19.6. The standard InChI is InChI=1S/C24H20BrClN4O/c1-14-4-5-15(2)21(12-14)30-23(17-6-9-19(26)10-7-17)28-22(29-30)24(31)27-20-11-8-18(25)13-16(20)3/h4-13H,1-3H3,(H,27,31). The number of amides is 1. The van der Waals surface area contributed by atoms with Gasteiger partial charge in [0.15, 0.2) is 5.82 Å². The molecule has 0 fully saturated rings. The number of rotatable bonds is 4. The van der Waals surface area contributed by atoms with Crippen molar-refractivity contribution >= 4 is 39.1 Å². The van der Waals surface area contributed by atoms with Crippen LogP contribution in [0, 0.1) is 20.8 Å². The van der Waals surface area contributed by atoms with Gasteiger partial charge in [-0.3, -0.25) is 4.79 Å². The minimum absolute atomic E-state index is 0.0909. The smallest absolute Gasteiger partial charge is 0.295 e. The molecule has 5 nitrogen and oxygen atoms in total. The number of anilines is 1. The lowest BCUT2D eigenvalue weighted by Crippen LogP contribution is -2.15. The summed E-state index contributed by atoms with van der Waals surface area (Å²) in [7, 11) is 0. The van der Waals surface area contributed by atoms with Crippen LogP contribution in [-0.2, 0) is 0 Å². The molecule has 0 unspecified atom stereocenters. The largest absolute Gasteiger partial charge is 0.319 e. The van der Waals surface area contributed by atoms with E-state index in [4.69, 9.17) is 11.6 Å². The van der Waals surface area contributed by atoms with E-state index in [0.29, 0.717) is 16.5 Å². The number of halogens is 2. The van der Waals surface area contributed by atoms with Gasteiger partial charge >= 0.3 is 0 Å². The van der Waals surface area contributed by atoms with Crippen LogP contribution in [0.25, 0.3) is 17.1 Å². The minimum Gasteiger partial charge on any atom is -0.319 e. The van der Waals surface area contributed by atoms with Gasteiger partial charge in [0.25, 0.3) is 5.91 Å². The molecule has 4 rings (SSSR count). The van der Waals surface area contributed by atoms with Crippen LogP contribution in [0.15, 0.2) is 65.1 Å². The first-order valence-corrected chi connectivity index (χ1v) is 10.9. The Kier molecular flexibility index (Phi) is 5.94. The van der Waals surface area contributed by atoms with Crippen molar-refractivity contribution in [3.8, 4) is 17.1 Å². The predicted molar refractivity (Wildman–Crippen MR) is 128 cm³/mol. The summed E-state index contributed by atoms with van der Waals surface area (Å²) in [6.07, 6.45) is 0. The molecule has 31 heavy (non-hydrogen) atoms. The first kappa shape index (κ1) is 21.3. The molecule has 0 saturated carbocycles. The highest BCUT2D eigenvalue weighted by molar-refractivity contribution is 9.10. The Morgan fingerprint density at radius 1 is 0.968 bits per heavy atom. The Labute approximate surface area is 194 Å². The van der Waals surface area contributed by atoms with E-state index >= 15 is 0 Å². The third-order valence-corrected chi connectivity index (χ3v) is 5.69. The average Bonchev–Trinajstić information content (AvgIpc) is 3.18. The average molecular weight is 496 g/mol. The molecule has 4 aromatic rings. The topological polar surface area (TPSA) is 59.8 Å². The molecule has 0 aliphatic rings. The maximum absolute atomic E-state index is 13.0. The molecular weight excluding hydrogens is 476 g/mol. The maximum atomic E-state index is 13.0. The highest BCUT2D eigenvalue weighted by atomic mass is 79.9. The van der Waals surface area contributed by atoms with Gasteiger partial charge in [-0.1, -0.05) is 39.7 Å². The summed E-state index contributed by atoms with van der Waals surface area (Å²) in [5, 5.41) is 8.12. The van der Waals surface area contributed by atoms with Gasteiger partial charge in [-0.15, -0.1) is 5.10 Å². The van der Waals surface area contributed by atoms with Crippen LogP contribution in [-0.4, -0.2) is 20.7 Å². The van der Waals surface area contributed by atoms with E-state index < -0.39 is 0 Å². The normalized spacial score (nSPS) is 10.9. The number of carbonyl (C=O) groups is 1. The summed E-state index contributed by atoms with van der Waals surface area (Å²) in [4.78, 5) is 17.6. The van der Waals surface area contributed by atoms with Crippen LogP contribution in [0.1, 0.15) is 27.3 Å². The van der Waals surface area contributed by atoms with Crippen molar-refractivity contribution in [3.05, 3.63) is 92.7 Å². The van der Waals surface area contributed by atoms with Crippen molar-refractivity contribution in [2.45, 2.75) is 20.8 Å². The second-order valence-electron chi connectivity index (χ2n) is 7.38. The predicted octanol–water partition coefficient (Wildman–Crippen LogP) is 6.53. The minimum atomic E-state index is -0.371. The first-order valence-electron chi connectivity index (χ1n) is 9.70. The fourth-order valence-electron chi connectivity index (χ4n) is 3.26. The third kappa shape index (κ3) is 4.55. The molecule has 0 aliphatic heterocycles. The second-order valence-corrected chi connectivity index (χ2v) is 8.73. The van der Waals surface area contributed by atoms with Crippen molar-refractivity contribution in [3.63, 3.8) is 0 Å². The highest BCUT2D eigenvalue weighted by Gasteiger charge is 2.20. The number of aryl methyl sites for hydroxylation is 3. The van der Waals surface area contributed by atoms with E-state index in [0.717, 1.165) is 32.4 Å². The van der Waals surface area contributed by atoms with E-state index in [1.807, 2.05) is 69.3 Å². The van der Waals surface area contributed by atoms with Crippen LogP contribution in [0.2, 0.25) is 5.02 Å². The summed E-state index contributed by atoms with van der Waals surface area (Å²) in [6.45, 7) is 5.96. The summed E-state index contributed by atoms with van der Waals surface area (Å²) in [5.74, 6) is 0.293. The number of aromatic nitrogens is 3. The van der Waals surface area contributed by atoms with Crippen LogP contribution in [0.4, 0.5) is 5.69 Å². The van der Waals surface area contributed by atoms with Crippen molar-refractivity contribution in [2.24, 2.45) is 0 Å². The Morgan fingerprint density at radius 3 is 2.42 bits per heavy atom. The zero-order chi connectivity index (χ0) is 22.1. The first-order chi connectivity index (χ1) is 14.8. The molecular formula is C24H20BrClN4O. The molecule has 0 bridgehead atoms. The van der Waals surface area contributed by atoms with E-state index in [1.165, 1.54) is 0 Å². The van der Waals surface area contributed by atoms with E-state index in [2.05, 4.69) is 31.3 Å². The summed E-state index contributed by atoms with van der Waals surface area (Å²) in [6, 6.07) is 19.1. The number of nitrogens with one attached hydrogen (secondary N) is 1. The fourth-order valence-corrected chi connectivity index (χ4v) is 3.86. The fraction of sp³-hybridized carbons (Fsp3) is 0.125. The molecule has 0 spiro atoms. The van der Waals surface area contributed by atoms with Crippen molar-refractivity contribution in [2.75, 3.05) is 5.32 Å². The molecule has 156 valence electrons. The number of hydrogen-bond acceptors (Lipinski definition) is 3.